The predicted molar refractivity (Wildman–Crippen MR) is 121 cm³/mol. The Kier molecular flexibility index (Phi) is 5.83. The molecule has 0 spiro atoms. The topological polar surface area (TPSA) is 85.8 Å². The number of aliphatic carboxylic acids is 1. The molecule has 4 heterocycles. The Labute approximate surface area is 188 Å². The molecule has 3 aliphatic heterocycles. The number of hydrogen-bond acceptors (Lipinski definition) is 5. The van der Waals surface area contributed by atoms with Crippen LogP contribution in [-0.4, -0.2) is 64.5 Å². The molecule has 2 fully saturated rings. The van der Waals surface area contributed by atoms with E-state index in [1.807, 2.05) is 40.1 Å². The van der Waals surface area contributed by atoms with E-state index in [0.717, 1.165) is 62.4 Å². The summed E-state index contributed by atoms with van der Waals surface area (Å²) in [4.78, 5) is 33.6. The Morgan fingerprint density at radius 3 is 2.53 bits per heavy atom. The van der Waals surface area contributed by atoms with Crippen LogP contribution in [0.4, 0.5) is 5.82 Å². The van der Waals surface area contributed by atoms with Crippen molar-refractivity contribution in [3.8, 4) is 0 Å². The Balaban J connectivity index is 1.15. The minimum absolute atomic E-state index is 0.108. The lowest BCUT2D eigenvalue weighted by Crippen LogP contribution is -2.57. The first-order valence-corrected chi connectivity index (χ1v) is 11.6. The molecule has 1 aromatic heterocycles. The van der Waals surface area contributed by atoms with E-state index in [9.17, 15) is 14.7 Å². The number of nitrogens with one attached hydrogen (secondary N) is 1. The number of benzene rings is 1. The third-order valence-electron chi connectivity index (χ3n) is 7.11. The van der Waals surface area contributed by atoms with Crippen molar-refractivity contribution >= 4 is 17.7 Å². The molecule has 0 saturated carbocycles. The number of aromatic nitrogens is 1. The van der Waals surface area contributed by atoms with E-state index < -0.39 is 12.0 Å². The zero-order chi connectivity index (χ0) is 22.1. The van der Waals surface area contributed by atoms with Crippen molar-refractivity contribution < 1.29 is 14.7 Å². The molecular formula is C25H30N4O3. The number of hydrogen-bond donors (Lipinski definition) is 2. The Morgan fingerprint density at radius 1 is 1.06 bits per heavy atom. The second kappa shape index (κ2) is 8.90. The van der Waals surface area contributed by atoms with Gasteiger partial charge >= 0.3 is 5.97 Å². The van der Waals surface area contributed by atoms with Gasteiger partial charge in [0.25, 0.3) is 0 Å². The maximum Gasteiger partial charge on any atom is 0.325 e. The molecule has 2 aromatic rings. The molecular weight excluding hydrogens is 404 g/mol. The van der Waals surface area contributed by atoms with Crippen molar-refractivity contribution in [2.75, 3.05) is 38.0 Å². The van der Waals surface area contributed by atoms with Crippen molar-refractivity contribution in [3.63, 3.8) is 0 Å². The summed E-state index contributed by atoms with van der Waals surface area (Å²) < 4.78 is 0. The van der Waals surface area contributed by atoms with E-state index in [-0.39, 0.29) is 11.8 Å². The summed E-state index contributed by atoms with van der Waals surface area (Å²) >= 11 is 0. The molecule has 1 atom stereocenters. The van der Waals surface area contributed by atoms with Crippen molar-refractivity contribution in [2.45, 2.75) is 37.6 Å². The van der Waals surface area contributed by atoms with Crippen LogP contribution in [0.2, 0.25) is 0 Å². The van der Waals surface area contributed by atoms with Gasteiger partial charge in [-0.3, -0.25) is 14.5 Å². The molecule has 168 valence electrons. The first kappa shape index (κ1) is 20.9. The van der Waals surface area contributed by atoms with Gasteiger partial charge in [-0.15, -0.1) is 0 Å². The molecule has 1 aromatic carbocycles. The van der Waals surface area contributed by atoms with Crippen LogP contribution in [0.25, 0.3) is 0 Å². The number of piperidine rings is 1. The molecule has 32 heavy (non-hydrogen) atoms. The minimum atomic E-state index is -0.866. The third-order valence-corrected chi connectivity index (χ3v) is 7.11. The zero-order valence-corrected chi connectivity index (χ0v) is 18.2. The molecule has 0 radical (unpaired) electrons. The number of carboxylic acids is 1. The summed E-state index contributed by atoms with van der Waals surface area (Å²) in [6, 6.07) is 12.9. The highest BCUT2D eigenvalue weighted by molar-refractivity contribution is 5.81. The van der Waals surface area contributed by atoms with E-state index in [0.29, 0.717) is 19.0 Å². The van der Waals surface area contributed by atoms with Gasteiger partial charge in [-0.2, -0.15) is 0 Å². The monoisotopic (exact) mass is 434 g/mol. The van der Waals surface area contributed by atoms with Crippen LogP contribution in [0.5, 0.6) is 0 Å². The standard InChI is InChI=1S/C25H30N4O3/c30-24(20-15-29(16-20)22(25(31)32)18-5-2-1-3-6-18)28-13-10-17(11-14-28)21-9-8-19-7-4-12-26-23(19)27-21/h1-3,5-6,8-9,17,20,22H,4,7,10-16H2,(H,26,27)(H,31,32). The molecule has 0 bridgehead atoms. The molecule has 7 heteroatoms. The number of anilines is 1. The molecule has 1 unspecified atom stereocenters. The van der Waals surface area contributed by atoms with Crippen LogP contribution in [0.3, 0.4) is 0 Å². The summed E-state index contributed by atoms with van der Waals surface area (Å²) in [6.07, 6.45) is 4.10. The molecule has 1 amide bonds. The molecule has 7 nitrogen and oxygen atoms in total. The first-order valence-electron chi connectivity index (χ1n) is 11.6. The quantitative estimate of drug-likeness (QED) is 0.753. The Bertz CT molecular complexity index is 982. The number of fused-ring (bicyclic) bond motifs is 1. The fourth-order valence-corrected chi connectivity index (χ4v) is 5.25. The van der Waals surface area contributed by atoms with Crippen LogP contribution >= 0.6 is 0 Å². The lowest BCUT2D eigenvalue weighted by Gasteiger charge is -2.44. The van der Waals surface area contributed by atoms with Gasteiger partial charge in [0.05, 0.1) is 5.92 Å². The van der Waals surface area contributed by atoms with E-state index in [1.165, 1.54) is 5.56 Å². The summed E-state index contributed by atoms with van der Waals surface area (Å²) in [7, 11) is 0. The number of carboxylic acid groups (broad SMARTS) is 1. The van der Waals surface area contributed by atoms with E-state index >= 15 is 0 Å². The number of nitrogens with zero attached hydrogens (tertiary/aromatic N) is 3. The van der Waals surface area contributed by atoms with Crippen molar-refractivity contribution in [1.82, 2.24) is 14.8 Å². The number of carbonyl (C=O) groups excluding carboxylic acids is 1. The maximum atomic E-state index is 13.0. The molecule has 0 aliphatic carbocycles. The summed E-state index contributed by atoms with van der Waals surface area (Å²) in [5.41, 5.74) is 3.20. The van der Waals surface area contributed by atoms with Gasteiger partial charge in [0.15, 0.2) is 0 Å². The normalized spacial score (nSPS) is 20.7. The Morgan fingerprint density at radius 2 is 1.81 bits per heavy atom. The van der Waals surface area contributed by atoms with Crippen LogP contribution in [0.15, 0.2) is 42.5 Å². The number of amides is 1. The number of carbonyl (C=O) groups is 2. The first-order chi connectivity index (χ1) is 15.6. The Hall–Kier alpha value is -2.93. The van der Waals surface area contributed by atoms with Gasteiger partial charge in [0.1, 0.15) is 11.9 Å². The summed E-state index contributed by atoms with van der Waals surface area (Å²) in [6.45, 7) is 3.48. The fourth-order valence-electron chi connectivity index (χ4n) is 5.25. The second-order valence-corrected chi connectivity index (χ2v) is 9.18. The lowest BCUT2D eigenvalue weighted by atomic mass is 9.89. The number of pyridine rings is 1. The van der Waals surface area contributed by atoms with Gasteiger partial charge in [-0.25, -0.2) is 4.98 Å². The SMILES string of the molecule is O=C(O)C(c1ccccc1)N1CC(C(=O)N2CCC(c3ccc4c(n3)NCCC4)CC2)C1. The average molecular weight is 435 g/mol. The lowest BCUT2D eigenvalue weighted by molar-refractivity contribution is -0.153. The van der Waals surface area contributed by atoms with E-state index in [2.05, 4.69) is 17.4 Å². The van der Waals surface area contributed by atoms with Crippen LogP contribution in [-0.2, 0) is 16.0 Å². The summed E-state index contributed by atoms with van der Waals surface area (Å²) in [5, 5.41) is 13.1. The maximum absolute atomic E-state index is 13.0. The summed E-state index contributed by atoms with van der Waals surface area (Å²) in [5.74, 6) is 0.615. The number of aryl methyl sites for hydroxylation is 1. The van der Waals surface area contributed by atoms with Crippen molar-refractivity contribution in [3.05, 3.63) is 59.3 Å². The fraction of sp³-hybridized carbons (Fsp3) is 0.480. The van der Waals surface area contributed by atoms with Crippen molar-refractivity contribution in [2.24, 2.45) is 5.92 Å². The molecule has 3 aliphatic rings. The van der Waals surface area contributed by atoms with Gasteiger partial charge in [-0.1, -0.05) is 36.4 Å². The number of likely N-dealkylation sites (tertiary alicyclic amines) is 2. The van der Waals surface area contributed by atoms with E-state index in [1.54, 1.807) is 0 Å². The highest BCUT2D eigenvalue weighted by Crippen LogP contribution is 2.33. The average Bonchev–Trinajstić information content (AvgIpc) is 2.81. The zero-order valence-electron chi connectivity index (χ0n) is 18.2. The molecule has 5 rings (SSSR count). The van der Waals surface area contributed by atoms with Gasteiger partial charge < -0.3 is 15.3 Å². The highest BCUT2D eigenvalue weighted by Gasteiger charge is 2.42. The van der Waals surface area contributed by atoms with Gasteiger partial charge in [-0.05, 0) is 42.9 Å². The minimum Gasteiger partial charge on any atom is -0.480 e. The van der Waals surface area contributed by atoms with Crippen molar-refractivity contribution in [1.29, 1.82) is 0 Å². The van der Waals surface area contributed by atoms with E-state index in [4.69, 9.17) is 4.98 Å². The van der Waals surface area contributed by atoms with Crippen LogP contribution < -0.4 is 5.32 Å². The molecule has 2 N–H and O–H groups in total. The largest absolute Gasteiger partial charge is 0.480 e. The molecule has 2 saturated heterocycles. The second-order valence-electron chi connectivity index (χ2n) is 9.18. The highest BCUT2D eigenvalue weighted by atomic mass is 16.4. The smallest absolute Gasteiger partial charge is 0.325 e. The number of rotatable bonds is 5. The van der Waals surface area contributed by atoms with Crippen LogP contribution in [0, 0.1) is 5.92 Å². The van der Waals surface area contributed by atoms with Crippen LogP contribution in [0.1, 0.15) is 48.0 Å². The van der Waals surface area contributed by atoms with Gasteiger partial charge in [0, 0.05) is 44.3 Å². The van der Waals surface area contributed by atoms with Gasteiger partial charge in [0.2, 0.25) is 5.91 Å². The third kappa shape index (κ3) is 4.09. The predicted octanol–water partition coefficient (Wildman–Crippen LogP) is 2.90.